The molecule has 0 aliphatic rings. The highest BCUT2D eigenvalue weighted by Crippen LogP contribution is 2.14. The molecule has 1 aromatic heterocycles. The fourth-order valence-corrected chi connectivity index (χ4v) is 1.29. The summed E-state index contributed by atoms with van der Waals surface area (Å²) in [4.78, 5) is 10.5. The minimum Gasteiger partial charge on any atom is -0.478 e. The lowest BCUT2D eigenvalue weighted by Crippen LogP contribution is -1.95. The van der Waals surface area contributed by atoms with Crippen LogP contribution < -0.4 is 0 Å². The Kier molecular flexibility index (Phi) is 2.56. The number of hydrogen-bond donors (Lipinski definition) is 1. The summed E-state index contributed by atoms with van der Waals surface area (Å²) >= 11 is 3.19. The van der Waals surface area contributed by atoms with Crippen molar-refractivity contribution < 1.29 is 9.90 Å². The maximum atomic E-state index is 10.5. The first kappa shape index (κ1) is 8.88. The van der Waals surface area contributed by atoms with Crippen molar-refractivity contribution in [3.8, 4) is 12.3 Å². The third-order valence-corrected chi connectivity index (χ3v) is 2.04. The van der Waals surface area contributed by atoms with E-state index in [0.717, 1.165) is 0 Å². The molecular formula is C8H6BrNO2. The molecule has 62 valence electrons. The Morgan fingerprint density at radius 1 is 1.83 bits per heavy atom. The topological polar surface area (TPSA) is 42.2 Å². The van der Waals surface area contributed by atoms with E-state index in [1.54, 1.807) is 4.57 Å². The second kappa shape index (κ2) is 3.46. The highest BCUT2D eigenvalue weighted by Gasteiger charge is 2.07. The van der Waals surface area contributed by atoms with Crippen molar-refractivity contribution in [1.82, 2.24) is 4.57 Å². The first-order valence-electron chi connectivity index (χ1n) is 3.17. The van der Waals surface area contributed by atoms with E-state index in [1.807, 2.05) is 0 Å². The highest BCUT2D eigenvalue weighted by molar-refractivity contribution is 9.10. The Balaban J connectivity index is 3.02. The van der Waals surface area contributed by atoms with Crippen LogP contribution >= 0.6 is 15.9 Å². The third kappa shape index (κ3) is 1.69. The molecule has 0 atom stereocenters. The number of terminal acetylenes is 1. The lowest BCUT2D eigenvalue weighted by Gasteiger charge is -1.95. The molecule has 0 spiro atoms. The zero-order chi connectivity index (χ0) is 9.14. The zero-order valence-corrected chi connectivity index (χ0v) is 7.71. The van der Waals surface area contributed by atoms with E-state index < -0.39 is 5.97 Å². The summed E-state index contributed by atoms with van der Waals surface area (Å²) < 4.78 is 2.32. The second-order valence-electron chi connectivity index (χ2n) is 2.19. The summed E-state index contributed by atoms with van der Waals surface area (Å²) in [5.41, 5.74) is 0.233. The first-order chi connectivity index (χ1) is 5.65. The van der Waals surface area contributed by atoms with Gasteiger partial charge in [-0.05, 0) is 22.0 Å². The number of aromatic carboxylic acids is 1. The molecule has 0 aliphatic heterocycles. The minimum atomic E-state index is -0.952. The lowest BCUT2D eigenvalue weighted by atomic mass is 10.4. The number of rotatable bonds is 2. The third-order valence-electron chi connectivity index (χ3n) is 1.35. The summed E-state index contributed by atoms with van der Waals surface area (Å²) in [5, 5.41) is 8.60. The van der Waals surface area contributed by atoms with Crippen LogP contribution in [-0.4, -0.2) is 15.6 Å². The average molecular weight is 228 g/mol. The average Bonchev–Trinajstić information content (AvgIpc) is 2.34. The number of halogens is 1. The molecule has 0 fully saturated rings. The smallest absolute Gasteiger partial charge is 0.337 e. The summed E-state index contributed by atoms with van der Waals surface area (Å²) in [7, 11) is 0. The maximum Gasteiger partial charge on any atom is 0.337 e. The molecule has 3 nitrogen and oxygen atoms in total. The molecule has 1 N–H and O–H groups in total. The Hall–Kier alpha value is -1.21. The van der Waals surface area contributed by atoms with Gasteiger partial charge in [-0.25, -0.2) is 4.79 Å². The number of carbonyl (C=O) groups is 1. The lowest BCUT2D eigenvalue weighted by molar-refractivity contribution is 0.0697. The molecule has 4 heteroatoms. The van der Waals surface area contributed by atoms with E-state index in [1.165, 1.54) is 12.3 Å². The zero-order valence-electron chi connectivity index (χ0n) is 6.12. The van der Waals surface area contributed by atoms with Crippen LogP contribution in [0.3, 0.4) is 0 Å². The summed E-state index contributed by atoms with van der Waals surface area (Å²) in [6, 6.07) is 1.51. The van der Waals surface area contributed by atoms with Crippen LogP contribution in [0.1, 0.15) is 10.4 Å². The van der Waals surface area contributed by atoms with E-state index in [0.29, 0.717) is 11.1 Å². The van der Waals surface area contributed by atoms with Gasteiger partial charge in [0.25, 0.3) is 0 Å². The van der Waals surface area contributed by atoms with Gasteiger partial charge in [0.1, 0.15) is 0 Å². The van der Waals surface area contributed by atoms with Gasteiger partial charge >= 0.3 is 5.97 Å². The molecule has 0 bridgehead atoms. The predicted molar refractivity (Wildman–Crippen MR) is 47.9 cm³/mol. The molecule has 1 rings (SSSR count). The highest BCUT2D eigenvalue weighted by atomic mass is 79.9. The molecule has 0 unspecified atom stereocenters. The van der Waals surface area contributed by atoms with Crippen LogP contribution in [0, 0.1) is 12.3 Å². The van der Waals surface area contributed by atoms with Crippen molar-refractivity contribution in [2.75, 3.05) is 0 Å². The first-order valence-corrected chi connectivity index (χ1v) is 3.97. The van der Waals surface area contributed by atoms with E-state index in [2.05, 4.69) is 21.9 Å². The van der Waals surface area contributed by atoms with Gasteiger partial charge in [0.15, 0.2) is 0 Å². The molecular weight excluding hydrogens is 222 g/mol. The number of aromatic nitrogens is 1. The largest absolute Gasteiger partial charge is 0.478 e. The van der Waals surface area contributed by atoms with Gasteiger partial charge in [0.05, 0.1) is 16.7 Å². The Morgan fingerprint density at radius 2 is 2.50 bits per heavy atom. The van der Waals surface area contributed by atoms with Gasteiger partial charge in [-0.3, -0.25) is 0 Å². The molecule has 0 saturated carbocycles. The summed E-state index contributed by atoms with van der Waals surface area (Å²) in [5.74, 6) is 1.46. The fourth-order valence-electron chi connectivity index (χ4n) is 0.815. The van der Waals surface area contributed by atoms with Crippen molar-refractivity contribution in [2.24, 2.45) is 0 Å². The van der Waals surface area contributed by atoms with E-state index in [-0.39, 0.29) is 5.56 Å². The van der Waals surface area contributed by atoms with Crippen LogP contribution in [0.2, 0.25) is 0 Å². The molecule has 1 aromatic rings. The standard InChI is InChI=1S/C8H6BrNO2/c1-2-3-10-5-6(8(11)12)4-7(10)9/h1,4-5H,3H2,(H,11,12). The van der Waals surface area contributed by atoms with E-state index in [4.69, 9.17) is 11.5 Å². The van der Waals surface area contributed by atoms with Crippen LogP contribution in [0.25, 0.3) is 0 Å². The van der Waals surface area contributed by atoms with Gasteiger partial charge in [0.2, 0.25) is 0 Å². The molecule has 12 heavy (non-hydrogen) atoms. The fraction of sp³-hybridized carbons (Fsp3) is 0.125. The van der Waals surface area contributed by atoms with Crippen molar-refractivity contribution in [3.05, 3.63) is 22.4 Å². The molecule has 0 aromatic carbocycles. The second-order valence-corrected chi connectivity index (χ2v) is 3.00. The normalized spacial score (nSPS) is 9.33. The van der Waals surface area contributed by atoms with Gasteiger partial charge in [-0.15, -0.1) is 6.42 Å². The quantitative estimate of drug-likeness (QED) is 0.781. The molecule has 1 heterocycles. The van der Waals surface area contributed by atoms with E-state index >= 15 is 0 Å². The monoisotopic (exact) mass is 227 g/mol. The van der Waals surface area contributed by atoms with Gasteiger partial charge in [-0.1, -0.05) is 5.92 Å². The predicted octanol–water partition coefficient (Wildman–Crippen LogP) is 1.58. The maximum absolute atomic E-state index is 10.5. The van der Waals surface area contributed by atoms with Crippen LogP contribution in [-0.2, 0) is 6.54 Å². The molecule has 0 saturated heterocycles. The van der Waals surface area contributed by atoms with E-state index in [9.17, 15) is 4.79 Å². The number of nitrogens with zero attached hydrogens (tertiary/aromatic N) is 1. The number of carboxylic acid groups (broad SMARTS) is 1. The minimum absolute atomic E-state index is 0.233. The van der Waals surface area contributed by atoms with Crippen molar-refractivity contribution in [3.63, 3.8) is 0 Å². The summed E-state index contributed by atoms with van der Waals surface area (Å²) in [6.45, 7) is 0.369. The molecule has 0 amide bonds. The van der Waals surface area contributed by atoms with Gasteiger partial charge < -0.3 is 9.67 Å². The van der Waals surface area contributed by atoms with Crippen molar-refractivity contribution in [2.45, 2.75) is 6.54 Å². The number of carboxylic acids is 1. The van der Waals surface area contributed by atoms with Gasteiger partial charge in [0, 0.05) is 6.20 Å². The van der Waals surface area contributed by atoms with Crippen LogP contribution in [0.5, 0.6) is 0 Å². The Labute approximate surface area is 78.1 Å². The van der Waals surface area contributed by atoms with Crippen LogP contribution in [0.4, 0.5) is 0 Å². The number of hydrogen-bond acceptors (Lipinski definition) is 1. The molecule has 0 radical (unpaired) electrons. The Morgan fingerprint density at radius 3 is 2.92 bits per heavy atom. The van der Waals surface area contributed by atoms with Crippen LogP contribution in [0.15, 0.2) is 16.9 Å². The van der Waals surface area contributed by atoms with Crippen molar-refractivity contribution in [1.29, 1.82) is 0 Å². The van der Waals surface area contributed by atoms with Crippen molar-refractivity contribution >= 4 is 21.9 Å². The molecule has 0 aliphatic carbocycles. The SMILES string of the molecule is C#CCn1cc(C(=O)O)cc1Br. The summed E-state index contributed by atoms with van der Waals surface area (Å²) in [6.07, 6.45) is 6.57. The Bertz CT molecular complexity index is 348. The van der Waals surface area contributed by atoms with Gasteiger partial charge in [-0.2, -0.15) is 0 Å².